The van der Waals surface area contributed by atoms with E-state index in [1.807, 2.05) is 6.92 Å². The molecule has 0 atom stereocenters. The summed E-state index contributed by atoms with van der Waals surface area (Å²) in [4.78, 5) is 17.0. The van der Waals surface area contributed by atoms with Gasteiger partial charge in [0.1, 0.15) is 5.69 Å². The third kappa shape index (κ3) is 3.42. The van der Waals surface area contributed by atoms with E-state index in [0.717, 1.165) is 17.7 Å². The van der Waals surface area contributed by atoms with E-state index in [0.29, 0.717) is 16.2 Å². The number of thiazole rings is 1. The second kappa shape index (κ2) is 5.83. The number of carbonyl (C=O) groups is 1. The predicted molar refractivity (Wildman–Crippen MR) is 70.8 cm³/mol. The minimum atomic E-state index is -0.0717. The number of rotatable bonds is 2. The van der Waals surface area contributed by atoms with Crippen molar-refractivity contribution in [3.8, 4) is 0 Å². The van der Waals surface area contributed by atoms with Gasteiger partial charge in [0.25, 0.3) is 5.91 Å². The average molecular weight is 273 g/mol. The molecule has 17 heavy (non-hydrogen) atoms. The molecule has 1 N–H and O–H groups in total. The van der Waals surface area contributed by atoms with Gasteiger partial charge >= 0.3 is 0 Å². The van der Waals surface area contributed by atoms with Crippen LogP contribution in [0.15, 0.2) is 0 Å². The van der Waals surface area contributed by atoms with E-state index in [1.165, 1.54) is 37.0 Å². The highest BCUT2D eigenvalue weighted by Gasteiger charge is 2.19. The van der Waals surface area contributed by atoms with Crippen LogP contribution in [0.3, 0.4) is 0 Å². The zero-order valence-electron chi connectivity index (χ0n) is 9.96. The predicted octanol–water partition coefficient (Wildman–Crippen LogP) is 3.56. The first-order valence-electron chi connectivity index (χ1n) is 6.10. The van der Waals surface area contributed by atoms with Crippen molar-refractivity contribution < 1.29 is 4.79 Å². The van der Waals surface area contributed by atoms with Gasteiger partial charge in [-0.2, -0.15) is 0 Å². The van der Waals surface area contributed by atoms with E-state index in [4.69, 9.17) is 11.6 Å². The first kappa shape index (κ1) is 12.8. The van der Waals surface area contributed by atoms with Crippen molar-refractivity contribution in [1.82, 2.24) is 10.3 Å². The molecular weight excluding hydrogens is 256 g/mol. The molecule has 0 aliphatic heterocycles. The number of hydrogen-bond acceptors (Lipinski definition) is 3. The monoisotopic (exact) mass is 272 g/mol. The smallest absolute Gasteiger partial charge is 0.271 e. The highest BCUT2D eigenvalue weighted by atomic mass is 35.5. The number of nitrogens with one attached hydrogen (secondary N) is 1. The Labute approximate surface area is 111 Å². The molecule has 0 spiro atoms. The summed E-state index contributed by atoms with van der Waals surface area (Å²) in [6.45, 7) is 1.88. The summed E-state index contributed by atoms with van der Waals surface area (Å²) < 4.78 is 0.438. The summed E-state index contributed by atoms with van der Waals surface area (Å²) >= 11 is 7.16. The highest BCUT2D eigenvalue weighted by Crippen LogP contribution is 2.22. The third-order valence-electron chi connectivity index (χ3n) is 3.18. The van der Waals surface area contributed by atoms with E-state index in [9.17, 15) is 4.79 Å². The summed E-state index contributed by atoms with van der Waals surface area (Å²) in [5.41, 5.74) is 0.490. The molecule has 0 radical (unpaired) electrons. The molecule has 94 valence electrons. The van der Waals surface area contributed by atoms with E-state index in [1.54, 1.807) is 0 Å². The van der Waals surface area contributed by atoms with Gasteiger partial charge in [-0.15, -0.1) is 11.3 Å². The second-order valence-electron chi connectivity index (χ2n) is 4.53. The Morgan fingerprint density at radius 2 is 2.00 bits per heavy atom. The third-order valence-corrected chi connectivity index (χ3v) is 4.25. The summed E-state index contributed by atoms with van der Waals surface area (Å²) in [5, 5.41) is 3.08. The van der Waals surface area contributed by atoms with Crippen molar-refractivity contribution in [3.63, 3.8) is 0 Å². The number of halogens is 1. The molecule has 0 bridgehead atoms. The molecule has 1 aliphatic carbocycles. The van der Waals surface area contributed by atoms with Crippen LogP contribution in [0.1, 0.15) is 53.9 Å². The van der Waals surface area contributed by atoms with Crippen molar-refractivity contribution in [2.45, 2.75) is 51.5 Å². The zero-order valence-corrected chi connectivity index (χ0v) is 11.5. The van der Waals surface area contributed by atoms with Gasteiger partial charge in [0.2, 0.25) is 0 Å². The Balaban J connectivity index is 1.98. The molecule has 5 heteroatoms. The van der Waals surface area contributed by atoms with Crippen LogP contribution in [0, 0.1) is 6.92 Å². The number of nitrogens with zero attached hydrogens (tertiary/aromatic N) is 1. The number of hydrogen-bond donors (Lipinski definition) is 1. The molecule has 1 saturated carbocycles. The van der Waals surface area contributed by atoms with Crippen LogP contribution in [-0.4, -0.2) is 16.9 Å². The average Bonchev–Trinajstić information content (AvgIpc) is 2.51. The van der Waals surface area contributed by atoms with Crippen molar-refractivity contribution in [2.75, 3.05) is 0 Å². The normalized spacial score (nSPS) is 17.8. The summed E-state index contributed by atoms with van der Waals surface area (Å²) in [6.07, 6.45) is 7.16. The number of aryl methyl sites for hydroxylation is 1. The molecule has 0 aromatic carbocycles. The SMILES string of the molecule is Cc1sc(Cl)nc1C(=O)NC1CCCCCC1. The standard InChI is InChI=1S/C12H17ClN2OS/c1-8-10(15-12(13)17-8)11(16)14-9-6-4-2-3-5-7-9/h9H,2-7H2,1H3,(H,14,16). The fraction of sp³-hybridized carbons (Fsp3) is 0.667. The lowest BCUT2D eigenvalue weighted by Crippen LogP contribution is -2.34. The van der Waals surface area contributed by atoms with Crippen LogP contribution < -0.4 is 5.32 Å². The van der Waals surface area contributed by atoms with Gasteiger partial charge in [0.05, 0.1) is 0 Å². The molecule has 0 unspecified atom stereocenters. The molecule has 1 fully saturated rings. The molecule has 2 rings (SSSR count). The Morgan fingerprint density at radius 1 is 1.35 bits per heavy atom. The van der Waals surface area contributed by atoms with Crippen LogP contribution >= 0.6 is 22.9 Å². The molecular formula is C12H17ClN2OS. The van der Waals surface area contributed by atoms with Gasteiger partial charge in [-0.05, 0) is 19.8 Å². The summed E-state index contributed by atoms with van der Waals surface area (Å²) in [7, 11) is 0. The topological polar surface area (TPSA) is 42.0 Å². The van der Waals surface area contributed by atoms with Gasteiger partial charge < -0.3 is 5.32 Å². The first-order valence-corrected chi connectivity index (χ1v) is 7.30. The lowest BCUT2D eigenvalue weighted by molar-refractivity contribution is 0.0928. The molecule has 1 amide bonds. The highest BCUT2D eigenvalue weighted by molar-refractivity contribution is 7.15. The van der Waals surface area contributed by atoms with Gasteiger partial charge in [-0.1, -0.05) is 37.3 Å². The van der Waals surface area contributed by atoms with Crippen molar-refractivity contribution in [1.29, 1.82) is 0 Å². The zero-order chi connectivity index (χ0) is 12.3. The fourth-order valence-corrected chi connectivity index (χ4v) is 3.31. The van der Waals surface area contributed by atoms with Gasteiger partial charge in [-0.25, -0.2) is 4.98 Å². The minimum absolute atomic E-state index is 0.0717. The van der Waals surface area contributed by atoms with Crippen molar-refractivity contribution >= 4 is 28.8 Å². The largest absolute Gasteiger partial charge is 0.348 e. The van der Waals surface area contributed by atoms with Gasteiger partial charge in [0.15, 0.2) is 4.47 Å². The van der Waals surface area contributed by atoms with Gasteiger partial charge in [-0.3, -0.25) is 4.79 Å². The Morgan fingerprint density at radius 3 is 2.53 bits per heavy atom. The van der Waals surface area contributed by atoms with Crippen LogP contribution in [0.5, 0.6) is 0 Å². The molecule has 1 aromatic rings. The molecule has 1 aliphatic rings. The molecule has 0 saturated heterocycles. The number of carbonyl (C=O) groups excluding carboxylic acids is 1. The number of amides is 1. The van der Waals surface area contributed by atoms with E-state index >= 15 is 0 Å². The molecule has 3 nitrogen and oxygen atoms in total. The molecule has 1 heterocycles. The number of aromatic nitrogens is 1. The van der Waals surface area contributed by atoms with E-state index in [-0.39, 0.29) is 5.91 Å². The Kier molecular flexibility index (Phi) is 4.40. The van der Waals surface area contributed by atoms with E-state index < -0.39 is 0 Å². The van der Waals surface area contributed by atoms with Crippen LogP contribution in [-0.2, 0) is 0 Å². The maximum atomic E-state index is 12.0. The maximum Gasteiger partial charge on any atom is 0.271 e. The van der Waals surface area contributed by atoms with Crippen LogP contribution in [0.4, 0.5) is 0 Å². The second-order valence-corrected chi connectivity index (χ2v) is 6.32. The lowest BCUT2D eigenvalue weighted by atomic mass is 10.1. The fourth-order valence-electron chi connectivity index (χ4n) is 2.25. The Hall–Kier alpha value is -0.610. The maximum absolute atomic E-state index is 12.0. The molecule has 1 aromatic heterocycles. The van der Waals surface area contributed by atoms with Crippen LogP contribution in [0.25, 0.3) is 0 Å². The Bertz CT molecular complexity index is 397. The summed E-state index contributed by atoms with van der Waals surface area (Å²) in [6, 6.07) is 0.310. The quantitative estimate of drug-likeness (QED) is 0.837. The van der Waals surface area contributed by atoms with Gasteiger partial charge in [0, 0.05) is 10.9 Å². The summed E-state index contributed by atoms with van der Waals surface area (Å²) in [5.74, 6) is -0.0717. The van der Waals surface area contributed by atoms with Crippen molar-refractivity contribution in [2.24, 2.45) is 0 Å². The van der Waals surface area contributed by atoms with Crippen LogP contribution in [0.2, 0.25) is 4.47 Å². The van der Waals surface area contributed by atoms with E-state index in [2.05, 4.69) is 10.3 Å². The first-order chi connectivity index (χ1) is 8.16. The van der Waals surface area contributed by atoms with Crippen molar-refractivity contribution in [3.05, 3.63) is 15.0 Å². The minimum Gasteiger partial charge on any atom is -0.348 e. The lowest BCUT2D eigenvalue weighted by Gasteiger charge is -2.15.